The first kappa shape index (κ1) is 29.5. The molecule has 0 fully saturated rings. The van der Waals surface area contributed by atoms with Gasteiger partial charge < -0.3 is 0 Å². The first-order valence-electron chi connectivity index (χ1n) is 22.9. The van der Waals surface area contributed by atoms with Crippen LogP contribution in [0.2, 0.25) is 0 Å². The number of rotatable bonds is 6. The van der Waals surface area contributed by atoms with Gasteiger partial charge in [0.2, 0.25) is 0 Å². The Bertz CT molecular complexity index is 3580. The highest BCUT2D eigenvalue weighted by atomic mass is 14.2. The van der Waals surface area contributed by atoms with Crippen molar-refractivity contribution in [3.05, 3.63) is 193 Å². The second kappa shape index (κ2) is 13.4. The van der Waals surface area contributed by atoms with Crippen molar-refractivity contribution in [2.24, 2.45) is 0 Å². The first-order chi connectivity index (χ1) is 30.5. The largest absolute Gasteiger partial charge is 0.0629 e. The van der Waals surface area contributed by atoms with E-state index in [1.54, 1.807) is 0 Å². The maximum atomic E-state index is 9.00. The third-order valence-corrected chi connectivity index (χ3v) is 12.5. The lowest BCUT2D eigenvalue weighted by Gasteiger charge is -2.21. The maximum Gasteiger partial charge on any atom is 0.0629 e. The molecule has 0 saturated heterocycles. The van der Waals surface area contributed by atoms with Crippen molar-refractivity contribution in [1.29, 1.82) is 0 Å². The number of hydrogen-bond acceptors (Lipinski definition) is 0. The molecular formula is C58H44. The second-order valence-corrected chi connectivity index (χ2v) is 16.4. The first-order valence-corrected chi connectivity index (χ1v) is 20.4. The molecule has 0 aromatic heterocycles. The zero-order valence-corrected chi connectivity index (χ0v) is 33.1. The molecule has 0 radical (unpaired) electrons. The highest BCUT2D eigenvalue weighted by Gasteiger charge is 2.21. The Labute approximate surface area is 347 Å². The normalized spacial score (nSPS) is 13.3. The lowest BCUT2D eigenvalue weighted by atomic mass is 9.83. The predicted octanol–water partition coefficient (Wildman–Crippen LogP) is 17.0. The summed E-state index contributed by atoms with van der Waals surface area (Å²) in [6.45, 7) is 9.11. The molecule has 0 nitrogen and oxygen atoms in total. The van der Waals surface area contributed by atoms with Crippen LogP contribution in [0.3, 0.4) is 0 Å². The van der Waals surface area contributed by atoms with Crippen LogP contribution < -0.4 is 0 Å². The minimum Gasteiger partial charge on any atom is -0.0622 e. The summed E-state index contributed by atoms with van der Waals surface area (Å²) < 4.78 is 43.4. The standard InChI is InChI=1S/C58H44/c1-35(2)40-32-41(36(3)4)34-42(33-40)43-26-22-38-25-29-53-47(27-23-39-24-28-52(43)56(38)57(39)53)46-30-31-54(45-17-9-8-16-44(45)46)58-50-20-12-10-18-48(50)55(37-14-6-5-7-15-37)49-19-11-13-21-51(49)58/h5-36H,1-4H3/i5D,6D,7D,14D,15D. The van der Waals surface area contributed by atoms with Crippen molar-refractivity contribution >= 4 is 64.6 Å². The zero-order chi connectivity index (χ0) is 43.4. The molecule has 11 aromatic rings. The van der Waals surface area contributed by atoms with Crippen LogP contribution in [0.5, 0.6) is 0 Å². The number of hydrogen-bond donors (Lipinski definition) is 0. The summed E-state index contributed by atoms with van der Waals surface area (Å²) in [4.78, 5) is 0. The summed E-state index contributed by atoms with van der Waals surface area (Å²) in [7, 11) is 0. The molecule has 0 saturated carbocycles. The smallest absolute Gasteiger partial charge is 0.0622 e. The van der Waals surface area contributed by atoms with E-state index in [1.165, 1.54) is 60.1 Å². The van der Waals surface area contributed by atoms with Gasteiger partial charge in [0.25, 0.3) is 0 Å². The molecule has 0 N–H and O–H groups in total. The van der Waals surface area contributed by atoms with Gasteiger partial charge in [-0.2, -0.15) is 0 Å². The fourth-order valence-corrected chi connectivity index (χ4v) is 9.60. The van der Waals surface area contributed by atoms with Gasteiger partial charge >= 0.3 is 0 Å². The van der Waals surface area contributed by atoms with Crippen molar-refractivity contribution in [2.45, 2.75) is 39.5 Å². The van der Waals surface area contributed by atoms with Crippen LogP contribution in [0.4, 0.5) is 0 Å². The Morgan fingerprint density at radius 2 is 0.759 bits per heavy atom. The molecule has 11 aromatic carbocycles. The lowest BCUT2D eigenvalue weighted by molar-refractivity contribution is 0.834. The molecule has 0 amide bonds. The van der Waals surface area contributed by atoms with Crippen LogP contribution in [-0.4, -0.2) is 0 Å². The van der Waals surface area contributed by atoms with E-state index >= 15 is 0 Å². The van der Waals surface area contributed by atoms with Crippen LogP contribution in [0.15, 0.2) is 182 Å². The number of benzene rings is 11. The molecule has 11 rings (SSSR count). The van der Waals surface area contributed by atoms with Crippen LogP contribution >= 0.6 is 0 Å². The molecule has 0 heteroatoms. The molecular weight excluding hydrogens is 697 g/mol. The molecule has 0 aliphatic carbocycles. The van der Waals surface area contributed by atoms with E-state index in [9.17, 15) is 0 Å². The molecule has 0 heterocycles. The summed E-state index contributed by atoms with van der Waals surface area (Å²) in [5.74, 6) is 0.860. The highest BCUT2D eigenvalue weighted by molar-refractivity contribution is 6.29. The average molecular weight is 746 g/mol. The monoisotopic (exact) mass is 745 g/mol. The van der Waals surface area contributed by atoms with Crippen LogP contribution in [-0.2, 0) is 0 Å². The van der Waals surface area contributed by atoms with Crippen LogP contribution in [0, 0.1) is 0 Å². The molecule has 0 bridgehead atoms. The summed E-state index contributed by atoms with van der Waals surface area (Å²) in [5, 5.41) is 13.3. The van der Waals surface area contributed by atoms with E-state index in [2.05, 4.69) is 143 Å². The van der Waals surface area contributed by atoms with Crippen molar-refractivity contribution in [3.63, 3.8) is 0 Å². The van der Waals surface area contributed by atoms with Gasteiger partial charge in [0, 0.05) is 0 Å². The topological polar surface area (TPSA) is 0 Å². The Hall–Kier alpha value is -6.76. The minimum atomic E-state index is -0.396. The van der Waals surface area contributed by atoms with E-state index in [0.29, 0.717) is 17.4 Å². The van der Waals surface area contributed by atoms with Gasteiger partial charge in [0.15, 0.2) is 0 Å². The Balaban J connectivity index is 1.15. The van der Waals surface area contributed by atoms with Gasteiger partial charge in [-0.15, -0.1) is 0 Å². The van der Waals surface area contributed by atoms with E-state index in [-0.39, 0.29) is 29.7 Å². The average Bonchev–Trinajstić information content (AvgIpc) is 3.31. The van der Waals surface area contributed by atoms with E-state index in [0.717, 1.165) is 49.0 Å². The van der Waals surface area contributed by atoms with Crippen molar-refractivity contribution in [1.82, 2.24) is 0 Å². The van der Waals surface area contributed by atoms with Gasteiger partial charge in [-0.25, -0.2) is 0 Å². The highest BCUT2D eigenvalue weighted by Crippen LogP contribution is 2.48. The summed E-state index contributed by atoms with van der Waals surface area (Å²) in [6, 6.07) is 53.4. The quantitative estimate of drug-likeness (QED) is 0.117. The van der Waals surface area contributed by atoms with Gasteiger partial charge in [0.05, 0.1) is 6.85 Å². The summed E-state index contributed by atoms with van der Waals surface area (Å²) >= 11 is 0. The molecule has 58 heavy (non-hydrogen) atoms. The van der Waals surface area contributed by atoms with Crippen molar-refractivity contribution in [3.8, 4) is 44.5 Å². The molecule has 0 atom stereocenters. The van der Waals surface area contributed by atoms with E-state index in [4.69, 9.17) is 6.85 Å². The van der Waals surface area contributed by atoms with Gasteiger partial charge in [-0.3, -0.25) is 0 Å². The SMILES string of the molecule is [2H]c1c([2H])c([2H])c(-c2c3ccccc3c(-c3ccc(-c4ccc5ccc6c(-c7cc(C(C)C)cc(C(C)C)c7)ccc7ccc4c5c76)c4ccccc34)c3ccccc23)c([2H])c1[2H]. The molecule has 0 spiro atoms. The Kier molecular flexibility index (Phi) is 6.82. The fraction of sp³-hybridized carbons (Fsp3) is 0.103. The molecule has 0 unspecified atom stereocenters. The van der Waals surface area contributed by atoms with Crippen molar-refractivity contribution < 1.29 is 6.85 Å². The van der Waals surface area contributed by atoms with Crippen molar-refractivity contribution in [2.75, 3.05) is 0 Å². The summed E-state index contributed by atoms with van der Waals surface area (Å²) in [6.07, 6.45) is 0. The third-order valence-electron chi connectivity index (χ3n) is 12.5. The Morgan fingerprint density at radius 1 is 0.345 bits per heavy atom. The maximum absolute atomic E-state index is 9.00. The second-order valence-electron chi connectivity index (χ2n) is 16.4. The van der Waals surface area contributed by atoms with Gasteiger partial charge in [-0.05, 0) is 132 Å². The number of fused-ring (bicyclic) bond motifs is 3. The third kappa shape index (κ3) is 5.29. The Morgan fingerprint density at radius 3 is 1.31 bits per heavy atom. The lowest BCUT2D eigenvalue weighted by Crippen LogP contribution is -1.96. The van der Waals surface area contributed by atoms with E-state index < -0.39 is 6.04 Å². The predicted molar refractivity (Wildman–Crippen MR) is 253 cm³/mol. The van der Waals surface area contributed by atoms with Gasteiger partial charge in [0.1, 0.15) is 0 Å². The molecule has 276 valence electrons. The minimum absolute atomic E-state index is 0.205. The fourth-order valence-electron chi connectivity index (χ4n) is 9.60. The van der Waals surface area contributed by atoms with Crippen LogP contribution in [0.25, 0.3) is 109 Å². The molecule has 0 aliphatic rings. The van der Waals surface area contributed by atoms with Gasteiger partial charge in [-0.1, -0.05) is 210 Å². The summed E-state index contributed by atoms with van der Waals surface area (Å²) in [5.41, 5.74) is 10.6. The molecule has 0 aliphatic heterocycles. The van der Waals surface area contributed by atoms with Crippen LogP contribution in [0.1, 0.15) is 57.5 Å². The zero-order valence-electron chi connectivity index (χ0n) is 38.1. The van der Waals surface area contributed by atoms with E-state index in [1.807, 2.05) is 36.4 Å².